The molecule has 8 heteroatoms. The van der Waals surface area contributed by atoms with Crippen LogP contribution in [-0.4, -0.2) is 36.5 Å². The lowest BCUT2D eigenvalue weighted by Crippen LogP contribution is -2.01. The van der Waals surface area contributed by atoms with Gasteiger partial charge < -0.3 is 4.74 Å². The summed E-state index contributed by atoms with van der Waals surface area (Å²) in [5.74, 6) is 0.597. The molecule has 7 nitrogen and oxygen atoms in total. The van der Waals surface area contributed by atoms with Crippen molar-refractivity contribution in [3.8, 4) is 17.1 Å². The predicted molar refractivity (Wildman–Crippen MR) is 91.2 cm³/mol. The highest BCUT2D eigenvalue weighted by molar-refractivity contribution is 5.82. The molecule has 0 fully saturated rings. The average Bonchev–Trinajstić information content (AvgIpc) is 3.03. The third kappa shape index (κ3) is 2.10. The fraction of sp³-hybridized carbons (Fsp3) is 0.294. The molecule has 128 valence electrons. The van der Waals surface area contributed by atoms with Gasteiger partial charge in [0.2, 0.25) is 0 Å². The minimum absolute atomic E-state index is 0.172. The second-order valence-electron chi connectivity index (χ2n) is 6.03. The second kappa shape index (κ2) is 5.23. The summed E-state index contributed by atoms with van der Waals surface area (Å²) in [6, 6.07) is 3.04. The fourth-order valence-electron chi connectivity index (χ4n) is 3.18. The monoisotopic (exact) mass is 340 g/mol. The van der Waals surface area contributed by atoms with Crippen molar-refractivity contribution >= 4 is 16.7 Å². The Morgan fingerprint density at radius 3 is 2.48 bits per heavy atom. The second-order valence-corrected chi connectivity index (χ2v) is 6.03. The minimum atomic E-state index is -0.485. The lowest BCUT2D eigenvalue weighted by molar-refractivity contribution is 0.412. The number of rotatable bonds is 2. The van der Waals surface area contributed by atoms with Gasteiger partial charge >= 0.3 is 0 Å². The van der Waals surface area contributed by atoms with Crippen LogP contribution in [0.4, 0.5) is 4.39 Å². The van der Waals surface area contributed by atoms with Gasteiger partial charge in [-0.25, -0.2) is 9.37 Å². The molecule has 4 rings (SSSR count). The van der Waals surface area contributed by atoms with E-state index < -0.39 is 5.82 Å². The molecule has 0 saturated heterocycles. The van der Waals surface area contributed by atoms with Gasteiger partial charge in [0.15, 0.2) is 11.5 Å². The SMILES string of the molecule is COc1cc(F)c2nnc3c(C)nc(-c4c(C)nn(C)c4C)n3c2c1. The molecule has 0 unspecified atom stereocenters. The summed E-state index contributed by atoms with van der Waals surface area (Å²) in [7, 11) is 3.39. The van der Waals surface area contributed by atoms with E-state index in [1.807, 2.05) is 32.2 Å². The zero-order valence-corrected chi connectivity index (χ0v) is 14.6. The summed E-state index contributed by atoms with van der Waals surface area (Å²) in [5, 5.41) is 12.7. The Kier molecular flexibility index (Phi) is 3.24. The van der Waals surface area contributed by atoms with Crippen molar-refractivity contribution < 1.29 is 9.13 Å². The number of methoxy groups -OCH3 is 1. The summed E-state index contributed by atoms with van der Waals surface area (Å²) in [6.45, 7) is 5.76. The molecule has 0 spiro atoms. The lowest BCUT2D eigenvalue weighted by Gasteiger charge is -2.08. The van der Waals surface area contributed by atoms with Crippen LogP contribution in [0.3, 0.4) is 0 Å². The fourth-order valence-corrected chi connectivity index (χ4v) is 3.18. The molecule has 1 aromatic carbocycles. The van der Waals surface area contributed by atoms with Crippen molar-refractivity contribution in [3.05, 3.63) is 35.0 Å². The number of nitrogens with zero attached hydrogens (tertiary/aromatic N) is 6. The maximum atomic E-state index is 14.4. The van der Waals surface area contributed by atoms with E-state index in [9.17, 15) is 4.39 Å². The van der Waals surface area contributed by atoms with E-state index in [0.29, 0.717) is 22.7 Å². The van der Waals surface area contributed by atoms with Crippen LogP contribution in [-0.2, 0) is 7.05 Å². The zero-order chi connectivity index (χ0) is 17.9. The minimum Gasteiger partial charge on any atom is -0.497 e. The number of halogens is 1. The Labute approximate surface area is 143 Å². The molecule has 0 aliphatic heterocycles. The van der Waals surface area contributed by atoms with E-state index in [1.54, 1.807) is 10.7 Å². The molecule has 0 bridgehead atoms. The Morgan fingerprint density at radius 1 is 1.08 bits per heavy atom. The van der Waals surface area contributed by atoms with Crippen LogP contribution in [0.1, 0.15) is 17.1 Å². The van der Waals surface area contributed by atoms with Gasteiger partial charge in [-0.1, -0.05) is 0 Å². The Hall–Kier alpha value is -3.03. The lowest BCUT2D eigenvalue weighted by atomic mass is 10.2. The molecule has 0 aliphatic rings. The van der Waals surface area contributed by atoms with Gasteiger partial charge in [0.25, 0.3) is 0 Å². The molecule has 0 atom stereocenters. The number of hydrogen-bond acceptors (Lipinski definition) is 5. The molecule has 4 aromatic rings. The van der Waals surface area contributed by atoms with Crippen molar-refractivity contribution in [2.45, 2.75) is 20.8 Å². The van der Waals surface area contributed by atoms with Gasteiger partial charge in [0.1, 0.15) is 17.1 Å². The van der Waals surface area contributed by atoms with Gasteiger partial charge in [-0.05, 0) is 20.8 Å². The third-order valence-corrected chi connectivity index (χ3v) is 4.49. The van der Waals surface area contributed by atoms with Gasteiger partial charge in [-0.3, -0.25) is 9.08 Å². The van der Waals surface area contributed by atoms with Crippen LogP contribution in [0.25, 0.3) is 28.1 Å². The molecule has 0 saturated carbocycles. The van der Waals surface area contributed by atoms with Crippen molar-refractivity contribution in [2.24, 2.45) is 7.05 Å². The molecule has 0 aliphatic carbocycles. The Morgan fingerprint density at radius 2 is 1.84 bits per heavy atom. The van der Waals surface area contributed by atoms with Crippen LogP contribution in [0.5, 0.6) is 5.75 Å². The van der Waals surface area contributed by atoms with Crippen LogP contribution in [0, 0.1) is 26.6 Å². The van der Waals surface area contributed by atoms with Crippen LogP contribution in [0.15, 0.2) is 12.1 Å². The summed E-state index contributed by atoms with van der Waals surface area (Å²) < 4.78 is 23.3. The van der Waals surface area contributed by atoms with E-state index in [0.717, 1.165) is 22.6 Å². The smallest absolute Gasteiger partial charge is 0.183 e. The molecule has 3 heterocycles. The number of ether oxygens (including phenoxy) is 1. The molecular formula is C17H17FN6O. The first-order valence-electron chi connectivity index (χ1n) is 7.82. The van der Waals surface area contributed by atoms with E-state index >= 15 is 0 Å². The number of aryl methyl sites for hydroxylation is 3. The molecule has 0 N–H and O–H groups in total. The van der Waals surface area contributed by atoms with Gasteiger partial charge in [0.05, 0.1) is 29.6 Å². The molecular weight excluding hydrogens is 323 g/mol. The standard InChI is InChI=1S/C17H17FN6O/c1-8-14(10(3)23(4)22-8)17-19-9(2)16-21-20-15-12(18)6-11(25-5)7-13(15)24(16)17/h6-7H,1-5H3. The maximum absolute atomic E-state index is 14.4. The first-order valence-corrected chi connectivity index (χ1v) is 7.82. The highest BCUT2D eigenvalue weighted by atomic mass is 19.1. The summed E-state index contributed by atoms with van der Waals surface area (Å²) in [5.41, 5.74) is 4.75. The van der Waals surface area contributed by atoms with Crippen molar-refractivity contribution in [1.29, 1.82) is 0 Å². The van der Waals surface area contributed by atoms with E-state index in [4.69, 9.17) is 4.74 Å². The van der Waals surface area contributed by atoms with Crippen molar-refractivity contribution in [3.63, 3.8) is 0 Å². The van der Waals surface area contributed by atoms with Gasteiger partial charge in [-0.15, -0.1) is 10.2 Å². The topological polar surface area (TPSA) is 70.1 Å². The number of fused-ring (bicyclic) bond motifs is 3. The van der Waals surface area contributed by atoms with Crippen LogP contribution >= 0.6 is 0 Å². The highest BCUT2D eigenvalue weighted by Crippen LogP contribution is 2.31. The average molecular weight is 340 g/mol. The number of aromatic nitrogens is 6. The Bertz CT molecular complexity index is 1140. The third-order valence-electron chi connectivity index (χ3n) is 4.49. The normalized spacial score (nSPS) is 11.6. The number of imidazole rings is 1. The van der Waals surface area contributed by atoms with E-state index in [1.165, 1.54) is 13.2 Å². The summed E-state index contributed by atoms with van der Waals surface area (Å²) in [4.78, 5) is 4.67. The quantitative estimate of drug-likeness (QED) is 0.561. The summed E-state index contributed by atoms with van der Waals surface area (Å²) >= 11 is 0. The summed E-state index contributed by atoms with van der Waals surface area (Å²) in [6.07, 6.45) is 0. The maximum Gasteiger partial charge on any atom is 0.183 e. The van der Waals surface area contributed by atoms with E-state index in [2.05, 4.69) is 20.3 Å². The van der Waals surface area contributed by atoms with Crippen LogP contribution < -0.4 is 4.74 Å². The predicted octanol–water partition coefficient (Wildman–Crippen LogP) is 2.75. The first kappa shape index (κ1) is 15.5. The molecule has 0 radical (unpaired) electrons. The largest absolute Gasteiger partial charge is 0.497 e. The molecule has 0 amide bonds. The molecule has 25 heavy (non-hydrogen) atoms. The van der Waals surface area contributed by atoms with E-state index in [-0.39, 0.29) is 5.52 Å². The highest BCUT2D eigenvalue weighted by Gasteiger charge is 2.22. The van der Waals surface area contributed by atoms with Crippen molar-refractivity contribution in [2.75, 3.05) is 7.11 Å². The van der Waals surface area contributed by atoms with Gasteiger partial charge in [-0.2, -0.15) is 5.10 Å². The van der Waals surface area contributed by atoms with Crippen molar-refractivity contribution in [1.82, 2.24) is 29.4 Å². The molecule has 3 aromatic heterocycles. The van der Waals surface area contributed by atoms with Gasteiger partial charge in [0, 0.05) is 24.9 Å². The Balaban J connectivity index is 2.21. The first-order chi connectivity index (χ1) is 11.9. The number of hydrogen-bond donors (Lipinski definition) is 0. The number of benzene rings is 1. The zero-order valence-electron chi connectivity index (χ0n) is 14.6. The van der Waals surface area contributed by atoms with Crippen LogP contribution in [0.2, 0.25) is 0 Å².